The molecule has 0 saturated carbocycles. The number of hydrogen-bond acceptors (Lipinski definition) is 3. The van der Waals surface area contributed by atoms with Crippen LogP contribution in [0.1, 0.15) is 40.5 Å². The van der Waals surface area contributed by atoms with Gasteiger partial charge in [0.25, 0.3) is 0 Å². The lowest BCUT2D eigenvalue weighted by atomic mass is 9.96. The third-order valence-electron chi connectivity index (χ3n) is 3.19. The summed E-state index contributed by atoms with van der Waals surface area (Å²) in [4.78, 5) is 22.8. The fraction of sp³-hybridized carbons (Fsp3) is 0.846. The first kappa shape index (κ1) is 16.9. The van der Waals surface area contributed by atoms with Gasteiger partial charge in [0.2, 0.25) is 5.91 Å². The summed E-state index contributed by atoms with van der Waals surface area (Å²) in [7, 11) is 0. The van der Waals surface area contributed by atoms with E-state index in [1.54, 1.807) is 0 Å². The predicted octanol–water partition coefficient (Wildman–Crippen LogP) is 1.22. The molecule has 5 heteroatoms. The van der Waals surface area contributed by atoms with Crippen molar-refractivity contribution >= 4 is 11.9 Å². The van der Waals surface area contributed by atoms with E-state index in [4.69, 9.17) is 10.8 Å². The van der Waals surface area contributed by atoms with E-state index in [0.717, 1.165) is 6.42 Å². The van der Waals surface area contributed by atoms with Gasteiger partial charge in [0.1, 0.15) is 0 Å². The molecule has 0 fully saturated rings. The molecular formula is C13H26N2O3. The van der Waals surface area contributed by atoms with Gasteiger partial charge in [-0.3, -0.25) is 9.59 Å². The van der Waals surface area contributed by atoms with E-state index in [2.05, 4.69) is 5.32 Å². The first-order valence-corrected chi connectivity index (χ1v) is 6.55. The number of nitrogens with two attached hydrogens (primary N) is 1. The molecule has 4 N–H and O–H groups in total. The number of carbonyl (C=O) groups excluding carboxylic acids is 1. The molecular weight excluding hydrogens is 232 g/mol. The summed E-state index contributed by atoms with van der Waals surface area (Å²) >= 11 is 0. The lowest BCUT2D eigenvalue weighted by molar-refractivity contribution is -0.142. The molecule has 0 bridgehead atoms. The predicted molar refractivity (Wildman–Crippen MR) is 71.0 cm³/mol. The van der Waals surface area contributed by atoms with E-state index in [9.17, 15) is 9.59 Å². The maximum absolute atomic E-state index is 11.7. The van der Waals surface area contributed by atoms with Crippen LogP contribution in [0, 0.1) is 17.8 Å². The molecule has 0 saturated heterocycles. The highest BCUT2D eigenvalue weighted by Crippen LogP contribution is 2.11. The van der Waals surface area contributed by atoms with Gasteiger partial charge in [0.15, 0.2) is 0 Å². The van der Waals surface area contributed by atoms with Gasteiger partial charge in [-0.2, -0.15) is 0 Å². The van der Waals surface area contributed by atoms with Crippen LogP contribution in [0.3, 0.4) is 0 Å². The first-order valence-electron chi connectivity index (χ1n) is 6.55. The van der Waals surface area contributed by atoms with Crippen LogP contribution in [-0.2, 0) is 9.59 Å². The summed E-state index contributed by atoms with van der Waals surface area (Å²) in [6.07, 6.45) is 1.37. The van der Waals surface area contributed by atoms with Crippen LogP contribution in [0.5, 0.6) is 0 Å². The number of amides is 1. The summed E-state index contributed by atoms with van der Waals surface area (Å²) in [6.45, 7) is 7.95. The topological polar surface area (TPSA) is 92.4 Å². The fourth-order valence-electron chi connectivity index (χ4n) is 1.69. The largest absolute Gasteiger partial charge is 0.481 e. The monoisotopic (exact) mass is 258 g/mol. The van der Waals surface area contributed by atoms with Gasteiger partial charge < -0.3 is 16.2 Å². The lowest BCUT2D eigenvalue weighted by Crippen LogP contribution is -2.46. The molecule has 3 atom stereocenters. The average Bonchev–Trinajstić information content (AvgIpc) is 2.31. The minimum absolute atomic E-state index is 0.0957. The van der Waals surface area contributed by atoms with Crippen LogP contribution in [0.15, 0.2) is 0 Å². The Labute approximate surface area is 109 Å². The van der Waals surface area contributed by atoms with Gasteiger partial charge in [-0.15, -0.1) is 0 Å². The van der Waals surface area contributed by atoms with Crippen LogP contribution in [0.25, 0.3) is 0 Å². The van der Waals surface area contributed by atoms with Gasteiger partial charge in [-0.25, -0.2) is 0 Å². The Hall–Kier alpha value is -1.10. The zero-order valence-corrected chi connectivity index (χ0v) is 11.8. The molecule has 1 unspecified atom stereocenters. The molecule has 0 heterocycles. The SMILES string of the molecule is CC[C@H](C)[C@H](N)C(=O)NCC(CC(C)C)C(=O)O. The third-order valence-corrected chi connectivity index (χ3v) is 3.19. The molecule has 0 aliphatic rings. The summed E-state index contributed by atoms with van der Waals surface area (Å²) in [5.41, 5.74) is 5.78. The minimum atomic E-state index is -0.874. The Balaban J connectivity index is 4.27. The van der Waals surface area contributed by atoms with E-state index >= 15 is 0 Å². The van der Waals surface area contributed by atoms with Crippen LogP contribution in [0.2, 0.25) is 0 Å². The van der Waals surface area contributed by atoms with Crippen molar-refractivity contribution < 1.29 is 14.7 Å². The summed E-state index contributed by atoms with van der Waals surface area (Å²) < 4.78 is 0. The van der Waals surface area contributed by atoms with Crippen molar-refractivity contribution in [3.8, 4) is 0 Å². The molecule has 0 aromatic heterocycles. The van der Waals surface area contributed by atoms with Gasteiger partial charge in [0, 0.05) is 6.54 Å². The highest BCUT2D eigenvalue weighted by atomic mass is 16.4. The minimum Gasteiger partial charge on any atom is -0.481 e. The molecule has 106 valence electrons. The summed E-state index contributed by atoms with van der Waals surface area (Å²) in [6, 6.07) is -0.566. The molecule has 0 aliphatic carbocycles. The number of nitrogens with one attached hydrogen (secondary N) is 1. The Morgan fingerprint density at radius 1 is 1.28 bits per heavy atom. The van der Waals surface area contributed by atoms with Crippen molar-refractivity contribution in [1.29, 1.82) is 0 Å². The van der Waals surface area contributed by atoms with Crippen molar-refractivity contribution in [2.75, 3.05) is 6.54 Å². The maximum atomic E-state index is 11.7. The van der Waals surface area contributed by atoms with E-state index in [-0.39, 0.29) is 24.3 Å². The van der Waals surface area contributed by atoms with Crippen molar-refractivity contribution in [1.82, 2.24) is 5.32 Å². The number of rotatable bonds is 8. The number of carboxylic acid groups (broad SMARTS) is 1. The van der Waals surface area contributed by atoms with E-state index in [1.807, 2.05) is 27.7 Å². The van der Waals surface area contributed by atoms with Crippen LogP contribution in [0.4, 0.5) is 0 Å². The van der Waals surface area contributed by atoms with Crippen molar-refractivity contribution in [3.05, 3.63) is 0 Å². The molecule has 5 nitrogen and oxygen atoms in total. The number of aliphatic carboxylic acids is 1. The Morgan fingerprint density at radius 3 is 2.22 bits per heavy atom. The summed E-state index contributed by atoms with van der Waals surface area (Å²) in [5, 5.41) is 11.7. The lowest BCUT2D eigenvalue weighted by Gasteiger charge is -2.20. The number of carbonyl (C=O) groups is 2. The quantitative estimate of drug-likeness (QED) is 0.610. The molecule has 0 aromatic carbocycles. The van der Waals surface area contributed by atoms with Crippen LogP contribution >= 0.6 is 0 Å². The maximum Gasteiger partial charge on any atom is 0.308 e. The standard InChI is InChI=1S/C13H26N2O3/c1-5-9(4)11(14)12(16)15-7-10(13(17)18)6-8(2)3/h8-11H,5-7,14H2,1-4H3,(H,15,16)(H,17,18)/t9-,10?,11-/m0/s1. The second-order valence-electron chi connectivity index (χ2n) is 5.32. The summed E-state index contributed by atoms with van der Waals surface area (Å²) in [5.74, 6) is -1.30. The van der Waals surface area contributed by atoms with E-state index < -0.39 is 17.9 Å². The van der Waals surface area contributed by atoms with E-state index in [0.29, 0.717) is 6.42 Å². The second kappa shape index (κ2) is 8.08. The number of hydrogen-bond donors (Lipinski definition) is 3. The Morgan fingerprint density at radius 2 is 1.83 bits per heavy atom. The Kier molecular flexibility index (Phi) is 7.59. The van der Waals surface area contributed by atoms with Gasteiger partial charge in [0.05, 0.1) is 12.0 Å². The highest BCUT2D eigenvalue weighted by Gasteiger charge is 2.23. The molecule has 0 radical (unpaired) electrons. The molecule has 0 spiro atoms. The smallest absolute Gasteiger partial charge is 0.308 e. The van der Waals surface area contributed by atoms with Crippen molar-refractivity contribution in [2.45, 2.75) is 46.6 Å². The molecule has 0 rings (SSSR count). The normalized spacial score (nSPS) is 16.1. The Bertz CT molecular complexity index is 279. The van der Waals surface area contributed by atoms with Crippen LogP contribution < -0.4 is 11.1 Å². The van der Waals surface area contributed by atoms with Crippen molar-refractivity contribution in [2.24, 2.45) is 23.5 Å². The molecule has 0 aromatic rings. The fourth-order valence-corrected chi connectivity index (χ4v) is 1.69. The van der Waals surface area contributed by atoms with E-state index in [1.165, 1.54) is 0 Å². The van der Waals surface area contributed by atoms with Gasteiger partial charge in [-0.05, 0) is 18.3 Å². The van der Waals surface area contributed by atoms with Gasteiger partial charge >= 0.3 is 5.97 Å². The molecule has 0 aliphatic heterocycles. The van der Waals surface area contributed by atoms with Crippen LogP contribution in [-0.4, -0.2) is 29.6 Å². The number of carboxylic acids is 1. The highest BCUT2D eigenvalue weighted by molar-refractivity contribution is 5.82. The third kappa shape index (κ3) is 6.00. The molecule has 18 heavy (non-hydrogen) atoms. The van der Waals surface area contributed by atoms with Crippen molar-refractivity contribution in [3.63, 3.8) is 0 Å². The second-order valence-corrected chi connectivity index (χ2v) is 5.32. The average molecular weight is 258 g/mol. The zero-order chi connectivity index (χ0) is 14.3. The first-order chi connectivity index (χ1) is 8.29. The zero-order valence-electron chi connectivity index (χ0n) is 11.8. The molecule has 1 amide bonds. The van der Waals surface area contributed by atoms with Gasteiger partial charge in [-0.1, -0.05) is 34.1 Å².